The molecule has 0 atom stereocenters. The summed E-state index contributed by atoms with van der Waals surface area (Å²) in [5.74, 6) is -0.466. The van der Waals surface area contributed by atoms with Crippen molar-refractivity contribution in [3.63, 3.8) is 0 Å². The van der Waals surface area contributed by atoms with Crippen molar-refractivity contribution in [2.45, 2.75) is 19.8 Å². The Labute approximate surface area is 106 Å². The van der Waals surface area contributed by atoms with Gasteiger partial charge in [-0.15, -0.1) is 0 Å². The number of aryl methyl sites for hydroxylation is 1. The molecule has 0 bridgehead atoms. The topological polar surface area (TPSA) is 75.6 Å². The van der Waals surface area contributed by atoms with Gasteiger partial charge in [-0.05, 0) is 31.0 Å². The normalized spacial score (nSPS) is 9.89. The van der Waals surface area contributed by atoms with E-state index >= 15 is 0 Å². The van der Waals surface area contributed by atoms with Crippen LogP contribution in [-0.2, 0) is 4.79 Å². The number of rotatable bonds is 6. The van der Waals surface area contributed by atoms with Gasteiger partial charge in [0.1, 0.15) is 5.75 Å². The first-order chi connectivity index (χ1) is 8.54. The fourth-order valence-electron chi connectivity index (χ4n) is 1.43. The number of benzene rings is 1. The van der Waals surface area contributed by atoms with Gasteiger partial charge in [-0.3, -0.25) is 4.79 Å². The number of hydrogen-bond acceptors (Lipinski definition) is 3. The molecular formula is C13H17NO4. The third-order valence-electron chi connectivity index (χ3n) is 2.52. The summed E-state index contributed by atoms with van der Waals surface area (Å²) in [6, 6.07) is 4.74. The molecule has 0 heterocycles. The van der Waals surface area contributed by atoms with Crippen molar-refractivity contribution >= 4 is 11.9 Å². The van der Waals surface area contributed by atoms with Gasteiger partial charge in [-0.1, -0.05) is 6.07 Å². The van der Waals surface area contributed by atoms with Crippen LogP contribution in [0.5, 0.6) is 5.75 Å². The maximum atomic E-state index is 11.0. The molecule has 0 aromatic heterocycles. The van der Waals surface area contributed by atoms with Crippen LogP contribution in [0.4, 0.5) is 0 Å². The highest BCUT2D eigenvalue weighted by Gasteiger charge is 2.07. The maximum absolute atomic E-state index is 11.0. The third-order valence-corrected chi connectivity index (χ3v) is 2.52. The van der Waals surface area contributed by atoms with Gasteiger partial charge < -0.3 is 15.2 Å². The molecule has 2 N–H and O–H groups in total. The number of carboxylic acids is 1. The minimum atomic E-state index is -0.981. The van der Waals surface area contributed by atoms with Crippen LogP contribution in [0.25, 0.3) is 0 Å². The van der Waals surface area contributed by atoms with Gasteiger partial charge in [0.2, 0.25) is 5.91 Å². The number of carboxylic acid groups (broad SMARTS) is 1. The van der Waals surface area contributed by atoms with Gasteiger partial charge in [0.05, 0.1) is 12.2 Å². The van der Waals surface area contributed by atoms with Crippen molar-refractivity contribution in [2.24, 2.45) is 0 Å². The molecule has 1 aromatic rings. The van der Waals surface area contributed by atoms with Crippen LogP contribution in [0.15, 0.2) is 18.2 Å². The molecule has 0 fully saturated rings. The number of ether oxygens (including phenoxy) is 1. The van der Waals surface area contributed by atoms with Crippen LogP contribution in [0, 0.1) is 6.92 Å². The lowest BCUT2D eigenvalue weighted by atomic mass is 10.1. The van der Waals surface area contributed by atoms with Gasteiger partial charge in [-0.25, -0.2) is 4.79 Å². The SMILES string of the molecule is CNC(=O)CCCOc1cc(C(=O)O)ccc1C. The molecule has 1 rings (SSSR count). The van der Waals surface area contributed by atoms with Gasteiger partial charge in [-0.2, -0.15) is 0 Å². The molecule has 18 heavy (non-hydrogen) atoms. The monoisotopic (exact) mass is 251 g/mol. The molecule has 0 spiro atoms. The van der Waals surface area contributed by atoms with Gasteiger partial charge >= 0.3 is 5.97 Å². The quantitative estimate of drug-likeness (QED) is 0.753. The molecule has 0 aliphatic rings. The summed E-state index contributed by atoms with van der Waals surface area (Å²) in [7, 11) is 1.59. The second-order valence-corrected chi connectivity index (χ2v) is 3.91. The van der Waals surface area contributed by atoms with E-state index in [2.05, 4.69) is 5.32 Å². The Morgan fingerprint density at radius 2 is 2.11 bits per heavy atom. The first-order valence-corrected chi connectivity index (χ1v) is 5.72. The standard InChI is InChI=1S/C13H17NO4/c1-9-5-6-10(13(16)17)8-11(9)18-7-3-4-12(15)14-2/h5-6,8H,3-4,7H2,1-2H3,(H,14,15)(H,16,17). The molecule has 0 saturated carbocycles. The molecule has 0 aliphatic carbocycles. The third kappa shape index (κ3) is 4.08. The van der Waals surface area contributed by atoms with E-state index in [0.717, 1.165) is 5.56 Å². The van der Waals surface area contributed by atoms with Gasteiger partial charge in [0.15, 0.2) is 0 Å². The molecule has 0 saturated heterocycles. The van der Waals surface area contributed by atoms with Gasteiger partial charge in [0, 0.05) is 13.5 Å². The maximum Gasteiger partial charge on any atom is 0.335 e. The van der Waals surface area contributed by atoms with E-state index in [9.17, 15) is 9.59 Å². The lowest BCUT2D eigenvalue weighted by molar-refractivity contribution is -0.120. The highest BCUT2D eigenvalue weighted by molar-refractivity contribution is 5.88. The molecule has 1 aromatic carbocycles. The number of nitrogens with one attached hydrogen (secondary N) is 1. The predicted octanol–water partition coefficient (Wildman–Crippen LogP) is 1.60. The average Bonchev–Trinajstić information content (AvgIpc) is 2.35. The molecule has 0 aliphatic heterocycles. The minimum absolute atomic E-state index is 0.0328. The summed E-state index contributed by atoms with van der Waals surface area (Å²) < 4.78 is 5.48. The van der Waals surface area contributed by atoms with E-state index < -0.39 is 5.97 Å². The van der Waals surface area contributed by atoms with Crippen LogP contribution in [0.3, 0.4) is 0 Å². The van der Waals surface area contributed by atoms with Crippen molar-refractivity contribution in [3.8, 4) is 5.75 Å². The molecule has 5 nitrogen and oxygen atoms in total. The first kappa shape index (κ1) is 14.0. The molecule has 5 heteroatoms. The summed E-state index contributed by atoms with van der Waals surface area (Å²) in [5.41, 5.74) is 1.07. The Balaban J connectivity index is 2.53. The molecule has 98 valence electrons. The summed E-state index contributed by atoms with van der Waals surface area (Å²) in [5, 5.41) is 11.4. The zero-order valence-corrected chi connectivity index (χ0v) is 10.5. The van der Waals surface area contributed by atoms with Crippen LogP contribution in [0.2, 0.25) is 0 Å². The van der Waals surface area contributed by atoms with Crippen molar-refractivity contribution in [1.82, 2.24) is 5.32 Å². The fraction of sp³-hybridized carbons (Fsp3) is 0.385. The smallest absolute Gasteiger partial charge is 0.335 e. The second-order valence-electron chi connectivity index (χ2n) is 3.91. The molecule has 1 amide bonds. The van der Waals surface area contributed by atoms with E-state index in [0.29, 0.717) is 25.2 Å². The van der Waals surface area contributed by atoms with Crippen molar-refractivity contribution in [1.29, 1.82) is 0 Å². The molecule has 0 radical (unpaired) electrons. The fourth-order valence-corrected chi connectivity index (χ4v) is 1.43. The molecular weight excluding hydrogens is 234 g/mol. The Bertz CT molecular complexity index is 443. The van der Waals surface area contributed by atoms with Crippen molar-refractivity contribution in [2.75, 3.05) is 13.7 Å². The van der Waals surface area contributed by atoms with E-state index in [1.165, 1.54) is 12.1 Å². The summed E-state index contributed by atoms with van der Waals surface area (Å²) in [6.07, 6.45) is 0.991. The van der Waals surface area contributed by atoms with Crippen LogP contribution < -0.4 is 10.1 Å². The Morgan fingerprint density at radius 1 is 1.39 bits per heavy atom. The number of carbonyl (C=O) groups is 2. The minimum Gasteiger partial charge on any atom is -0.493 e. The van der Waals surface area contributed by atoms with Crippen LogP contribution in [-0.4, -0.2) is 30.6 Å². The zero-order chi connectivity index (χ0) is 13.5. The van der Waals surface area contributed by atoms with Crippen LogP contribution in [0.1, 0.15) is 28.8 Å². The van der Waals surface area contributed by atoms with E-state index in [-0.39, 0.29) is 11.5 Å². The van der Waals surface area contributed by atoms with E-state index in [1.54, 1.807) is 13.1 Å². The Hall–Kier alpha value is -2.04. The summed E-state index contributed by atoms with van der Waals surface area (Å²) in [6.45, 7) is 2.23. The average molecular weight is 251 g/mol. The lowest BCUT2D eigenvalue weighted by Crippen LogP contribution is -2.18. The van der Waals surface area contributed by atoms with Gasteiger partial charge in [0.25, 0.3) is 0 Å². The number of hydrogen-bond donors (Lipinski definition) is 2. The summed E-state index contributed by atoms with van der Waals surface area (Å²) >= 11 is 0. The zero-order valence-electron chi connectivity index (χ0n) is 10.5. The number of amides is 1. The number of aromatic carboxylic acids is 1. The van der Waals surface area contributed by atoms with Crippen molar-refractivity contribution in [3.05, 3.63) is 29.3 Å². The van der Waals surface area contributed by atoms with Crippen molar-refractivity contribution < 1.29 is 19.4 Å². The highest BCUT2D eigenvalue weighted by Crippen LogP contribution is 2.19. The molecule has 0 unspecified atom stereocenters. The summed E-state index contributed by atoms with van der Waals surface area (Å²) in [4.78, 5) is 21.8. The van der Waals surface area contributed by atoms with E-state index in [4.69, 9.17) is 9.84 Å². The first-order valence-electron chi connectivity index (χ1n) is 5.72. The number of carbonyl (C=O) groups excluding carboxylic acids is 1. The Kier molecular flexibility index (Phi) is 5.17. The largest absolute Gasteiger partial charge is 0.493 e. The van der Waals surface area contributed by atoms with E-state index in [1.807, 2.05) is 6.92 Å². The van der Waals surface area contributed by atoms with Crippen LogP contribution >= 0.6 is 0 Å². The second kappa shape index (κ2) is 6.64. The lowest BCUT2D eigenvalue weighted by Gasteiger charge is -2.09. The Morgan fingerprint density at radius 3 is 2.72 bits per heavy atom. The predicted molar refractivity (Wildman–Crippen MR) is 66.9 cm³/mol. The highest BCUT2D eigenvalue weighted by atomic mass is 16.5.